The Kier molecular flexibility index (Phi) is 11.7. The van der Waals surface area contributed by atoms with E-state index in [-0.39, 0.29) is 30.0 Å². The number of nitrogens with zero attached hydrogens (tertiary/aromatic N) is 1. The zero-order valence-electron chi connectivity index (χ0n) is 12.6. The summed E-state index contributed by atoms with van der Waals surface area (Å²) in [4.78, 5) is 4.22. The van der Waals surface area contributed by atoms with Crippen molar-refractivity contribution < 1.29 is 4.74 Å². The van der Waals surface area contributed by atoms with Crippen LogP contribution in [0.3, 0.4) is 0 Å². The van der Waals surface area contributed by atoms with Gasteiger partial charge in [-0.3, -0.25) is 4.99 Å². The molecule has 19 heavy (non-hydrogen) atoms. The number of hydrogen-bond acceptors (Lipinski definition) is 2. The predicted octanol–water partition coefficient (Wildman–Crippen LogP) is 2.77. The number of guanidine groups is 1. The van der Waals surface area contributed by atoms with Gasteiger partial charge in [-0.05, 0) is 25.7 Å². The first-order valence-electron chi connectivity index (χ1n) is 7.22. The normalized spacial score (nSPS) is 17.9. The molecule has 0 radical (unpaired) electrons. The van der Waals surface area contributed by atoms with E-state index in [0.29, 0.717) is 6.61 Å². The van der Waals surface area contributed by atoms with Crippen LogP contribution in [0.15, 0.2) is 4.99 Å². The molecule has 0 saturated heterocycles. The summed E-state index contributed by atoms with van der Waals surface area (Å²) in [6.45, 7) is 3.80. The highest BCUT2D eigenvalue weighted by atomic mass is 127. The summed E-state index contributed by atoms with van der Waals surface area (Å²) in [5, 5.41) is 6.68. The summed E-state index contributed by atoms with van der Waals surface area (Å²) >= 11 is 0. The van der Waals surface area contributed by atoms with E-state index in [2.05, 4.69) is 22.5 Å². The highest BCUT2D eigenvalue weighted by Crippen LogP contribution is 2.28. The molecule has 1 atom stereocenters. The van der Waals surface area contributed by atoms with Gasteiger partial charge >= 0.3 is 0 Å². The molecule has 4 nitrogen and oxygen atoms in total. The number of ether oxygens (including phenoxy) is 1. The maximum absolute atomic E-state index is 5.10. The molecular weight excluding hydrogens is 353 g/mol. The van der Waals surface area contributed by atoms with E-state index in [1.165, 1.54) is 38.5 Å². The molecule has 0 aromatic heterocycles. The summed E-state index contributed by atoms with van der Waals surface area (Å²) in [6.07, 6.45) is 8.36. The summed E-state index contributed by atoms with van der Waals surface area (Å²) in [5.41, 5.74) is 0. The quantitative estimate of drug-likeness (QED) is 0.308. The molecule has 114 valence electrons. The Hall–Kier alpha value is -0.0400. The van der Waals surface area contributed by atoms with Gasteiger partial charge in [0.1, 0.15) is 0 Å². The first kappa shape index (κ1) is 19.0. The Morgan fingerprint density at radius 3 is 2.63 bits per heavy atom. The number of hydrogen-bond donors (Lipinski definition) is 2. The molecule has 0 heterocycles. The van der Waals surface area contributed by atoms with E-state index in [1.54, 1.807) is 7.11 Å². The van der Waals surface area contributed by atoms with Crippen LogP contribution in [-0.2, 0) is 4.74 Å². The molecule has 1 aliphatic carbocycles. The fourth-order valence-corrected chi connectivity index (χ4v) is 2.62. The lowest BCUT2D eigenvalue weighted by molar-refractivity contribution is 0.179. The molecule has 1 unspecified atom stereocenters. The van der Waals surface area contributed by atoms with Gasteiger partial charge in [0.25, 0.3) is 0 Å². The van der Waals surface area contributed by atoms with Crippen LogP contribution >= 0.6 is 24.0 Å². The second-order valence-electron chi connectivity index (χ2n) is 5.29. The zero-order chi connectivity index (χ0) is 13.2. The van der Waals surface area contributed by atoms with E-state index in [9.17, 15) is 0 Å². The van der Waals surface area contributed by atoms with Gasteiger partial charge in [0, 0.05) is 26.7 Å². The monoisotopic (exact) mass is 383 g/mol. The fraction of sp³-hybridized carbons (Fsp3) is 0.929. The Morgan fingerprint density at radius 2 is 2.05 bits per heavy atom. The molecule has 0 aromatic carbocycles. The zero-order valence-corrected chi connectivity index (χ0v) is 14.9. The van der Waals surface area contributed by atoms with Crippen molar-refractivity contribution in [2.75, 3.05) is 27.3 Å². The van der Waals surface area contributed by atoms with Crippen LogP contribution in [0.25, 0.3) is 0 Å². The van der Waals surface area contributed by atoms with E-state index in [0.717, 1.165) is 18.4 Å². The maximum atomic E-state index is 5.10. The van der Waals surface area contributed by atoms with Crippen LogP contribution in [0.2, 0.25) is 0 Å². The van der Waals surface area contributed by atoms with Gasteiger partial charge in [-0.1, -0.05) is 25.7 Å². The second kappa shape index (κ2) is 11.8. The Balaban J connectivity index is 0.00000324. The summed E-state index contributed by atoms with van der Waals surface area (Å²) in [7, 11) is 3.53. The third kappa shape index (κ3) is 8.68. The number of rotatable bonds is 7. The van der Waals surface area contributed by atoms with E-state index < -0.39 is 0 Å². The first-order valence-corrected chi connectivity index (χ1v) is 7.22. The minimum Gasteiger partial charge on any atom is -0.383 e. The first-order chi connectivity index (χ1) is 8.76. The molecular formula is C14H30IN3O. The van der Waals surface area contributed by atoms with Crippen molar-refractivity contribution in [3.8, 4) is 0 Å². The molecule has 0 spiro atoms. The predicted molar refractivity (Wildman–Crippen MR) is 92.4 cm³/mol. The highest BCUT2D eigenvalue weighted by Gasteiger charge is 2.14. The third-order valence-corrected chi connectivity index (χ3v) is 3.58. The van der Waals surface area contributed by atoms with Gasteiger partial charge in [0.15, 0.2) is 5.96 Å². The van der Waals surface area contributed by atoms with Crippen LogP contribution in [0.5, 0.6) is 0 Å². The molecule has 0 aromatic rings. The molecule has 1 rings (SSSR count). The van der Waals surface area contributed by atoms with Crippen molar-refractivity contribution in [2.24, 2.45) is 10.9 Å². The van der Waals surface area contributed by atoms with E-state index >= 15 is 0 Å². The average molecular weight is 383 g/mol. The van der Waals surface area contributed by atoms with Crippen molar-refractivity contribution >= 4 is 29.9 Å². The lowest BCUT2D eigenvalue weighted by Crippen LogP contribution is -2.44. The standard InChI is InChI=1S/C14H29N3O.HI/c1-12(11-18-3)17-14(15-2)16-10-6-9-13-7-4-5-8-13;/h12-13H,4-11H2,1-3H3,(H2,15,16,17);1H. The number of halogens is 1. The summed E-state index contributed by atoms with van der Waals surface area (Å²) < 4.78 is 5.10. The summed E-state index contributed by atoms with van der Waals surface area (Å²) in [6, 6.07) is 0.288. The molecule has 1 aliphatic rings. The molecule has 1 fully saturated rings. The van der Waals surface area contributed by atoms with Gasteiger partial charge in [0.2, 0.25) is 0 Å². The number of nitrogens with one attached hydrogen (secondary N) is 2. The van der Waals surface area contributed by atoms with Gasteiger partial charge in [0.05, 0.1) is 6.61 Å². The molecule has 0 amide bonds. The highest BCUT2D eigenvalue weighted by molar-refractivity contribution is 14.0. The molecule has 0 bridgehead atoms. The number of aliphatic imine (C=N–C) groups is 1. The minimum absolute atomic E-state index is 0. The second-order valence-corrected chi connectivity index (χ2v) is 5.29. The van der Waals surface area contributed by atoms with Crippen molar-refractivity contribution in [2.45, 2.75) is 51.5 Å². The van der Waals surface area contributed by atoms with Crippen LogP contribution in [0, 0.1) is 5.92 Å². The molecule has 5 heteroatoms. The third-order valence-electron chi connectivity index (χ3n) is 3.58. The van der Waals surface area contributed by atoms with Crippen LogP contribution in [-0.4, -0.2) is 39.3 Å². The Bertz CT molecular complexity index is 243. The smallest absolute Gasteiger partial charge is 0.191 e. The Labute approximate surface area is 135 Å². The van der Waals surface area contributed by atoms with Crippen molar-refractivity contribution in [3.05, 3.63) is 0 Å². The van der Waals surface area contributed by atoms with E-state index in [1.807, 2.05) is 7.05 Å². The molecule has 2 N–H and O–H groups in total. The number of methoxy groups -OCH3 is 1. The fourth-order valence-electron chi connectivity index (χ4n) is 2.62. The van der Waals surface area contributed by atoms with Gasteiger partial charge < -0.3 is 15.4 Å². The largest absolute Gasteiger partial charge is 0.383 e. The van der Waals surface area contributed by atoms with Crippen molar-refractivity contribution in [3.63, 3.8) is 0 Å². The Morgan fingerprint density at radius 1 is 1.37 bits per heavy atom. The molecule has 1 saturated carbocycles. The minimum atomic E-state index is 0. The topological polar surface area (TPSA) is 45.7 Å². The lowest BCUT2D eigenvalue weighted by atomic mass is 10.0. The maximum Gasteiger partial charge on any atom is 0.191 e. The van der Waals surface area contributed by atoms with Crippen molar-refractivity contribution in [1.29, 1.82) is 0 Å². The average Bonchev–Trinajstić information content (AvgIpc) is 2.86. The summed E-state index contributed by atoms with van der Waals surface area (Å²) in [5.74, 6) is 1.86. The molecule has 0 aliphatic heterocycles. The van der Waals surface area contributed by atoms with Crippen LogP contribution < -0.4 is 10.6 Å². The van der Waals surface area contributed by atoms with Gasteiger partial charge in [-0.15, -0.1) is 24.0 Å². The van der Waals surface area contributed by atoms with Crippen LogP contribution in [0.1, 0.15) is 45.4 Å². The van der Waals surface area contributed by atoms with Crippen molar-refractivity contribution in [1.82, 2.24) is 10.6 Å². The van der Waals surface area contributed by atoms with Gasteiger partial charge in [-0.2, -0.15) is 0 Å². The van der Waals surface area contributed by atoms with Gasteiger partial charge in [-0.25, -0.2) is 0 Å². The van der Waals surface area contributed by atoms with Crippen LogP contribution in [0.4, 0.5) is 0 Å². The lowest BCUT2D eigenvalue weighted by Gasteiger charge is -2.17. The van der Waals surface area contributed by atoms with E-state index in [4.69, 9.17) is 4.74 Å². The SMILES string of the molecule is CN=C(NCCCC1CCCC1)NC(C)COC.I.